The Hall–Kier alpha value is 1.25. The minimum absolute atomic E-state index is 0. The van der Waals surface area contributed by atoms with Crippen LogP contribution in [0.2, 0.25) is 39.3 Å². The SMILES string of the molecule is C[Si](C)(C)[Si-][Si](C)(C)C.[Li+]. The van der Waals surface area contributed by atoms with E-state index in [0.717, 1.165) is 0 Å². The topological polar surface area (TPSA) is 0 Å². The molecule has 0 aliphatic heterocycles. The predicted molar refractivity (Wildman–Crippen MR) is 52.4 cm³/mol. The summed E-state index contributed by atoms with van der Waals surface area (Å²) in [6, 6.07) is 0. The average Bonchev–Trinajstić information content (AvgIpc) is 1.14. The normalized spacial score (nSPS) is 12.6. The molecule has 10 heavy (non-hydrogen) atoms. The minimum Gasteiger partial charge on any atom is -0.426 e. The van der Waals surface area contributed by atoms with Gasteiger partial charge in [0.15, 0.2) is 0 Å². The van der Waals surface area contributed by atoms with Gasteiger partial charge in [-0.2, -0.15) is 0 Å². The molecule has 4 heteroatoms. The van der Waals surface area contributed by atoms with E-state index in [1.54, 1.807) is 0 Å². The van der Waals surface area contributed by atoms with Crippen molar-refractivity contribution in [3.8, 4) is 0 Å². The second-order valence-corrected chi connectivity index (χ2v) is 25.9. The molecule has 0 bridgehead atoms. The van der Waals surface area contributed by atoms with E-state index in [0.29, 0.717) is 0 Å². The Kier molecular flexibility index (Phi) is 5.96. The van der Waals surface area contributed by atoms with Crippen LogP contribution in [0.5, 0.6) is 0 Å². The van der Waals surface area contributed by atoms with Crippen LogP contribution in [0.15, 0.2) is 0 Å². The van der Waals surface area contributed by atoms with Crippen LogP contribution in [-0.4, -0.2) is 23.7 Å². The van der Waals surface area contributed by atoms with Gasteiger partial charge in [-0.05, 0) is 0 Å². The average molecular weight is 181 g/mol. The third-order valence-corrected chi connectivity index (χ3v) is 20.2. The molecule has 0 nitrogen and oxygen atoms in total. The predicted octanol–water partition coefficient (Wildman–Crippen LogP) is -0.636. The van der Waals surface area contributed by atoms with Gasteiger partial charge in [-0.15, -0.1) is 54.5 Å². The summed E-state index contributed by atoms with van der Waals surface area (Å²) in [6.07, 6.45) is 0. The van der Waals surface area contributed by atoms with E-state index < -0.39 is 15.2 Å². The van der Waals surface area contributed by atoms with Crippen LogP contribution in [0.3, 0.4) is 0 Å². The summed E-state index contributed by atoms with van der Waals surface area (Å²) in [5, 5.41) is 0. The summed E-state index contributed by atoms with van der Waals surface area (Å²) in [6.45, 7) is 14.9. The first-order valence-corrected chi connectivity index (χ1v) is 13.5. The molecule has 0 saturated heterocycles. The number of rotatable bonds is 2. The van der Waals surface area contributed by atoms with Crippen LogP contribution < -0.4 is 18.9 Å². The Morgan fingerprint density at radius 3 is 0.900 bits per heavy atom. The van der Waals surface area contributed by atoms with Gasteiger partial charge in [0.05, 0.1) is 0 Å². The Labute approximate surface area is 81.8 Å². The molecule has 0 heterocycles. The summed E-state index contributed by atoms with van der Waals surface area (Å²) < 4.78 is 0. The minimum atomic E-state index is -0.703. The molecule has 0 amide bonds. The van der Waals surface area contributed by atoms with Crippen molar-refractivity contribution in [3.05, 3.63) is 0 Å². The van der Waals surface area contributed by atoms with Crippen molar-refractivity contribution in [2.75, 3.05) is 0 Å². The Balaban J connectivity index is 0. The van der Waals surface area contributed by atoms with E-state index in [-0.39, 0.29) is 18.9 Å². The third-order valence-electron chi connectivity index (χ3n) is 0.750. The van der Waals surface area contributed by atoms with Crippen LogP contribution in [0.1, 0.15) is 0 Å². The first-order chi connectivity index (χ1) is 3.71. The largest absolute Gasteiger partial charge is 1.00 e. The molecule has 0 atom stereocenters. The molecule has 55 valence electrons. The molecule has 1 radical (unpaired) electrons. The summed E-state index contributed by atoms with van der Waals surface area (Å²) in [5.41, 5.74) is 0. The van der Waals surface area contributed by atoms with Crippen LogP contribution in [0, 0.1) is 0 Å². The first kappa shape index (κ1) is 13.8. The van der Waals surface area contributed by atoms with Gasteiger partial charge < -0.3 is 8.55 Å². The molecule has 0 saturated carbocycles. The zero-order valence-electron chi connectivity index (χ0n) is 8.50. The fraction of sp³-hybridized carbons (Fsp3) is 1.00. The Morgan fingerprint density at radius 1 is 0.700 bits per heavy atom. The van der Waals surface area contributed by atoms with Gasteiger partial charge in [-0.25, -0.2) is 0 Å². The van der Waals surface area contributed by atoms with E-state index in [9.17, 15) is 0 Å². The van der Waals surface area contributed by atoms with Crippen LogP contribution in [-0.2, 0) is 0 Å². The van der Waals surface area contributed by atoms with Crippen molar-refractivity contribution >= 4 is 23.7 Å². The van der Waals surface area contributed by atoms with Gasteiger partial charge in [0.1, 0.15) is 0 Å². The fourth-order valence-electron chi connectivity index (χ4n) is 1.12. The summed E-state index contributed by atoms with van der Waals surface area (Å²) >= 11 is 0. The second-order valence-electron chi connectivity index (χ2n) is 4.62. The van der Waals surface area contributed by atoms with Crippen LogP contribution in [0.25, 0.3) is 0 Å². The molecule has 0 rings (SSSR count). The summed E-state index contributed by atoms with van der Waals surface area (Å²) in [4.78, 5) is 0. The van der Waals surface area contributed by atoms with E-state index in [1.807, 2.05) is 0 Å². The number of hydrogen-bond acceptors (Lipinski definition) is 0. The molecular weight excluding hydrogens is 163 g/mol. The molecule has 0 aromatic carbocycles. The monoisotopic (exact) mass is 181 g/mol. The molecule has 0 aromatic heterocycles. The molecular formula is C6H18LiSi3. The number of hydrogen-bond donors (Lipinski definition) is 0. The molecule has 0 aliphatic rings. The summed E-state index contributed by atoms with van der Waals surface area (Å²) in [7, 11) is -0.0775. The standard InChI is InChI=1S/C6H18Si3.Li/c1-8(2,3)7-9(4,5)6;/h1-6H3;/q-1;+1. The second kappa shape index (κ2) is 4.32. The zero-order chi connectivity index (χ0) is 7.71. The van der Waals surface area contributed by atoms with Gasteiger partial charge in [0.2, 0.25) is 0 Å². The van der Waals surface area contributed by atoms with E-state index in [4.69, 9.17) is 0 Å². The molecule has 0 aliphatic carbocycles. The van der Waals surface area contributed by atoms with Crippen molar-refractivity contribution in [3.63, 3.8) is 0 Å². The molecule has 0 N–H and O–H groups in total. The van der Waals surface area contributed by atoms with Gasteiger partial charge in [-0.3, -0.25) is 0 Å². The molecule has 0 unspecified atom stereocenters. The van der Waals surface area contributed by atoms with Crippen molar-refractivity contribution in [1.82, 2.24) is 0 Å². The Bertz CT molecular complexity index is 78.1. The maximum absolute atomic E-state index is 2.48. The zero-order valence-corrected chi connectivity index (χ0v) is 11.5. The van der Waals surface area contributed by atoms with Crippen molar-refractivity contribution in [1.29, 1.82) is 0 Å². The van der Waals surface area contributed by atoms with Crippen molar-refractivity contribution in [2.24, 2.45) is 0 Å². The third kappa shape index (κ3) is 12.0. The van der Waals surface area contributed by atoms with E-state index in [2.05, 4.69) is 39.3 Å². The maximum Gasteiger partial charge on any atom is 1.00 e. The van der Waals surface area contributed by atoms with Crippen molar-refractivity contribution < 1.29 is 18.9 Å². The van der Waals surface area contributed by atoms with Gasteiger partial charge in [-0.1, -0.05) is 0 Å². The fourth-order valence-corrected chi connectivity index (χ4v) is 30.4. The molecule has 0 aromatic rings. The van der Waals surface area contributed by atoms with Crippen LogP contribution in [0.4, 0.5) is 0 Å². The van der Waals surface area contributed by atoms with Gasteiger partial charge in [0.25, 0.3) is 0 Å². The van der Waals surface area contributed by atoms with Gasteiger partial charge in [0, 0.05) is 0 Å². The first-order valence-electron chi connectivity index (χ1n) is 3.50. The van der Waals surface area contributed by atoms with E-state index in [1.165, 1.54) is 8.55 Å². The quantitative estimate of drug-likeness (QED) is 0.498. The maximum atomic E-state index is 2.48. The smallest absolute Gasteiger partial charge is 0.426 e. The van der Waals surface area contributed by atoms with Crippen molar-refractivity contribution in [2.45, 2.75) is 39.3 Å². The Morgan fingerprint density at radius 2 is 0.900 bits per heavy atom. The summed E-state index contributed by atoms with van der Waals surface area (Å²) in [5.74, 6) is 0. The molecule has 0 spiro atoms. The van der Waals surface area contributed by atoms with E-state index >= 15 is 0 Å². The van der Waals surface area contributed by atoms with Gasteiger partial charge >= 0.3 is 18.9 Å². The van der Waals surface area contributed by atoms with Crippen LogP contribution >= 0.6 is 0 Å². The molecule has 0 fully saturated rings.